The van der Waals surface area contributed by atoms with Gasteiger partial charge in [0.1, 0.15) is 0 Å². The van der Waals surface area contributed by atoms with Crippen molar-refractivity contribution in [2.45, 2.75) is 18.4 Å². The van der Waals surface area contributed by atoms with E-state index in [1.807, 2.05) is 0 Å². The van der Waals surface area contributed by atoms with E-state index in [9.17, 15) is 16.8 Å². The number of sulfone groups is 2. The van der Waals surface area contributed by atoms with Crippen molar-refractivity contribution in [2.75, 3.05) is 17.3 Å². The van der Waals surface area contributed by atoms with Gasteiger partial charge in [0.05, 0.1) is 16.4 Å². The van der Waals surface area contributed by atoms with Gasteiger partial charge in [0.25, 0.3) is 0 Å². The molecule has 0 saturated carbocycles. The van der Waals surface area contributed by atoms with Crippen LogP contribution in [0.15, 0.2) is 29.2 Å². The highest BCUT2D eigenvalue weighted by Crippen LogP contribution is 2.13. The lowest BCUT2D eigenvalue weighted by Gasteiger charge is -2.05. The third-order valence-electron chi connectivity index (χ3n) is 2.62. The lowest BCUT2D eigenvalue weighted by atomic mass is 10.2. The van der Waals surface area contributed by atoms with Crippen LogP contribution in [0.4, 0.5) is 0 Å². The first kappa shape index (κ1) is 15.1. The second-order valence-corrected chi connectivity index (χ2v) is 8.49. The first-order valence-corrected chi connectivity index (χ1v) is 9.00. The highest BCUT2D eigenvalue weighted by atomic mass is 32.2. The van der Waals surface area contributed by atoms with Crippen molar-refractivity contribution in [1.82, 2.24) is 0 Å². The fourth-order valence-electron chi connectivity index (χ4n) is 1.33. The summed E-state index contributed by atoms with van der Waals surface area (Å²) in [4.78, 5) is 0.131. The molecule has 1 rings (SSSR count). The molecule has 7 heteroatoms. The minimum Gasteiger partial charge on any atom is -0.326 e. The predicted octanol–water partition coefficient (Wildman–Crippen LogP) is 0.354. The fraction of sp³-hybridized carbons (Fsp3) is 0.455. The second kappa shape index (κ2) is 5.81. The van der Waals surface area contributed by atoms with E-state index in [0.29, 0.717) is 6.54 Å². The lowest BCUT2D eigenvalue weighted by molar-refractivity contribution is 0.588. The molecule has 0 aliphatic heterocycles. The van der Waals surface area contributed by atoms with Crippen LogP contribution in [-0.4, -0.2) is 34.1 Å². The van der Waals surface area contributed by atoms with Crippen LogP contribution in [0.5, 0.6) is 0 Å². The van der Waals surface area contributed by atoms with E-state index in [-0.39, 0.29) is 22.2 Å². The van der Waals surface area contributed by atoms with E-state index in [2.05, 4.69) is 0 Å². The van der Waals surface area contributed by atoms with E-state index in [0.717, 1.165) is 5.56 Å². The van der Waals surface area contributed by atoms with E-state index in [4.69, 9.17) is 5.73 Å². The Labute approximate surface area is 108 Å². The molecule has 0 atom stereocenters. The molecule has 0 heterocycles. The summed E-state index contributed by atoms with van der Waals surface area (Å²) in [5.41, 5.74) is 6.24. The molecule has 5 nitrogen and oxygen atoms in total. The lowest BCUT2D eigenvalue weighted by Crippen LogP contribution is -2.18. The fourth-order valence-corrected chi connectivity index (χ4v) is 4.30. The second-order valence-electron chi connectivity index (χ2n) is 3.90. The molecule has 0 aromatic heterocycles. The molecule has 0 aliphatic carbocycles. The van der Waals surface area contributed by atoms with Crippen LogP contribution in [0, 0.1) is 0 Å². The molecular formula is C11H17NO4S2. The van der Waals surface area contributed by atoms with Crippen molar-refractivity contribution in [3.8, 4) is 0 Å². The van der Waals surface area contributed by atoms with Crippen LogP contribution in [0.25, 0.3) is 0 Å². The Hall–Kier alpha value is -0.920. The van der Waals surface area contributed by atoms with Crippen molar-refractivity contribution in [2.24, 2.45) is 5.73 Å². The van der Waals surface area contributed by atoms with Crippen molar-refractivity contribution in [1.29, 1.82) is 0 Å². The minimum absolute atomic E-state index is 0.0470. The summed E-state index contributed by atoms with van der Waals surface area (Å²) >= 11 is 0. The van der Waals surface area contributed by atoms with E-state index < -0.39 is 19.7 Å². The topological polar surface area (TPSA) is 94.3 Å². The molecule has 0 saturated heterocycles. The van der Waals surface area contributed by atoms with Crippen molar-refractivity contribution in [3.63, 3.8) is 0 Å². The maximum Gasteiger partial charge on any atom is 0.179 e. The first-order chi connectivity index (χ1) is 8.30. The molecule has 0 amide bonds. The molecule has 1 aromatic rings. The zero-order valence-electron chi connectivity index (χ0n) is 10.2. The van der Waals surface area contributed by atoms with Gasteiger partial charge in [-0.05, 0) is 17.7 Å². The maximum atomic E-state index is 11.9. The van der Waals surface area contributed by atoms with Gasteiger partial charge in [-0.25, -0.2) is 16.8 Å². The number of benzene rings is 1. The summed E-state index contributed by atoms with van der Waals surface area (Å²) in [5, 5.41) is 0. The highest BCUT2D eigenvalue weighted by Gasteiger charge is 2.18. The summed E-state index contributed by atoms with van der Waals surface area (Å²) in [6, 6.07) is 6.16. The summed E-state index contributed by atoms with van der Waals surface area (Å²) in [5.74, 6) is -0.774. The summed E-state index contributed by atoms with van der Waals surface area (Å²) in [7, 11) is -6.82. The zero-order valence-corrected chi connectivity index (χ0v) is 11.8. The van der Waals surface area contributed by atoms with Crippen molar-refractivity contribution < 1.29 is 16.8 Å². The monoisotopic (exact) mass is 291 g/mol. The smallest absolute Gasteiger partial charge is 0.179 e. The summed E-state index contributed by atoms with van der Waals surface area (Å²) in [6.07, 6.45) is 0. The molecular weight excluding hydrogens is 274 g/mol. The minimum atomic E-state index is -3.55. The van der Waals surface area contributed by atoms with Crippen molar-refractivity contribution >= 4 is 19.7 Å². The Morgan fingerprint density at radius 1 is 1.00 bits per heavy atom. The number of rotatable bonds is 6. The largest absolute Gasteiger partial charge is 0.326 e. The molecule has 0 fully saturated rings. The first-order valence-electron chi connectivity index (χ1n) is 5.53. The summed E-state index contributed by atoms with van der Waals surface area (Å²) < 4.78 is 46.4. The van der Waals surface area contributed by atoms with Crippen LogP contribution in [0.1, 0.15) is 12.5 Å². The average molecular weight is 291 g/mol. The Balaban J connectivity index is 2.86. The quantitative estimate of drug-likeness (QED) is 0.816. The Kier molecular flexibility index (Phi) is 4.89. The average Bonchev–Trinajstić information content (AvgIpc) is 2.37. The molecule has 102 valence electrons. The third-order valence-corrected chi connectivity index (χ3v) is 6.32. The Morgan fingerprint density at radius 2 is 1.56 bits per heavy atom. The van der Waals surface area contributed by atoms with Gasteiger partial charge in [0.2, 0.25) is 0 Å². The van der Waals surface area contributed by atoms with Gasteiger partial charge in [-0.2, -0.15) is 0 Å². The number of hydrogen-bond donors (Lipinski definition) is 1. The number of nitrogens with two attached hydrogens (primary N) is 1. The highest BCUT2D eigenvalue weighted by molar-refractivity contribution is 7.95. The molecule has 2 N–H and O–H groups in total. The zero-order chi connectivity index (χ0) is 13.8. The van der Waals surface area contributed by atoms with Gasteiger partial charge in [-0.15, -0.1) is 0 Å². The van der Waals surface area contributed by atoms with Gasteiger partial charge in [-0.3, -0.25) is 0 Å². The van der Waals surface area contributed by atoms with Crippen molar-refractivity contribution in [3.05, 3.63) is 29.8 Å². The molecule has 0 unspecified atom stereocenters. The Morgan fingerprint density at radius 3 is 2.00 bits per heavy atom. The SMILES string of the molecule is CCS(=O)(=O)CCS(=O)(=O)c1ccc(CN)cc1. The number of hydrogen-bond acceptors (Lipinski definition) is 5. The molecule has 0 spiro atoms. The van der Waals surface area contributed by atoms with Crippen LogP contribution >= 0.6 is 0 Å². The van der Waals surface area contributed by atoms with Crippen LogP contribution < -0.4 is 5.73 Å². The van der Waals surface area contributed by atoms with Gasteiger partial charge >= 0.3 is 0 Å². The maximum absolute atomic E-state index is 11.9. The van der Waals surface area contributed by atoms with E-state index in [1.54, 1.807) is 12.1 Å². The van der Waals surface area contributed by atoms with Gasteiger partial charge in [-0.1, -0.05) is 19.1 Å². The Bertz CT molecular complexity index is 588. The summed E-state index contributed by atoms with van der Waals surface area (Å²) in [6.45, 7) is 1.84. The van der Waals surface area contributed by atoms with Crippen LogP contribution in [0.2, 0.25) is 0 Å². The van der Waals surface area contributed by atoms with E-state index in [1.165, 1.54) is 19.1 Å². The van der Waals surface area contributed by atoms with E-state index >= 15 is 0 Å². The predicted molar refractivity (Wildman–Crippen MR) is 70.7 cm³/mol. The van der Waals surface area contributed by atoms with Gasteiger partial charge < -0.3 is 5.73 Å². The molecule has 0 aliphatic rings. The molecule has 0 radical (unpaired) electrons. The van der Waals surface area contributed by atoms with Gasteiger partial charge in [0.15, 0.2) is 19.7 Å². The van der Waals surface area contributed by atoms with Crippen LogP contribution in [0.3, 0.4) is 0 Å². The normalized spacial score (nSPS) is 12.6. The third kappa shape index (κ3) is 4.08. The molecule has 0 bridgehead atoms. The molecule has 1 aromatic carbocycles. The standard InChI is InChI=1S/C11H17NO4S2/c1-2-17(13,14)7-8-18(15,16)11-5-3-10(9-12)4-6-11/h3-6H,2,7-9,12H2,1H3. The molecule has 18 heavy (non-hydrogen) atoms. The van der Waals surface area contributed by atoms with Crippen LogP contribution in [-0.2, 0) is 26.2 Å². The van der Waals surface area contributed by atoms with Gasteiger partial charge in [0, 0.05) is 12.3 Å².